The fourth-order valence-electron chi connectivity index (χ4n) is 3.19. The number of rotatable bonds is 5. The van der Waals surface area contributed by atoms with E-state index in [-0.39, 0.29) is 23.1 Å². The fourth-order valence-corrected chi connectivity index (χ4v) is 3.19. The summed E-state index contributed by atoms with van der Waals surface area (Å²) in [4.78, 5) is 49.4. The number of imide groups is 1. The van der Waals surface area contributed by atoms with Gasteiger partial charge in [-0.25, -0.2) is 0 Å². The summed E-state index contributed by atoms with van der Waals surface area (Å²) in [6.07, 6.45) is 3.06. The molecular weight excluding hydrogens is 324 g/mol. The van der Waals surface area contributed by atoms with Crippen LogP contribution in [0.25, 0.3) is 0 Å². The summed E-state index contributed by atoms with van der Waals surface area (Å²) in [5, 5.41) is 2.85. The lowest BCUT2D eigenvalue weighted by molar-refractivity contribution is -0.155. The quantitative estimate of drug-likeness (QED) is 0.641. The molecule has 3 amide bonds. The minimum atomic E-state index is -0.969. The van der Waals surface area contributed by atoms with E-state index in [2.05, 4.69) is 5.32 Å². The number of esters is 1. The number of amides is 3. The lowest BCUT2D eigenvalue weighted by atomic mass is 10.1. The Kier molecular flexibility index (Phi) is 4.83. The molecule has 1 N–H and O–H groups in total. The molecule has 1 aliphatic carbocycles. The highest BCUT2D eigenvalue weighted by Crippen LogP contribution is 2.22. The third-order valence-electron chi connectivity index (χ3n) is 4.54. The standard InChI is InChI=1S/C18H20N2O5/c1-11(16(22)19-12-6-2-3-7-12)25-15(21)10-20-17(23)13-8-4-5-9-14(13)18(20)24/h4-5,8-9,11-12H,2-3,6-7,10H2,1H3,(H,19,22)/t11-/m1/s1. The molecule has 0 radical (unpaired) electrons. The largest absolute Gasteiger partial charge is 0.451 e. The maximum atomic E-state index is 12.2. The second-order valence-corrected chi connectivity index (χ2v) is 6.36. The van der Waals surface area contributed by atoms with Crippen molar-refractivity contribution in [1.29, 1.82) is 0 Å². The molecule has 7 heteroatoms. The van der Waals surface area contributed by atoms with Crippen molar-refractivity contribution in [3.63, 3.8) is 0 Å². The third-order valence-corrected chi connectivity index (χ3v) is 4.54. The third kappa shape index (κ3) is 3.55. The SMILES string of the molecule is C[C@@H](OC(=O)CN1C(=O)c2ccccc2C1=O)C(=O)NC1CCCC1. The lowest BCUT2D eigenvalue weighted by Crippen LogP contribution is -2.43. The summed E-state index contributed by atoms with van der Waals surface area (Å²) in [5.41, 5.74) is 0.541. The highest BCUT2D eigenvalue weighted by atomic mass is 16.5. The topological polar surface area (TPSA) is 92.8 Å². The van der Waals surface area contributed by atoms with Crippen molar-refractivity contribution in [2.75, 3.05) is 6.54 Å². The molecule has 1 atom stereocenters. The van der Waals surface area contributed by atoms with Gasteiger partial charge in [-0.1, -0.05) is 25.0 Å². The molecule has 2 aliphatic rings. The number of hydrogen-bond donors (Lipinski definition) is 1. The Morgan fingerprint density at radius 2 is 1.72 bits per heavy atom. The van der Waals surface area contributed by atoms with Crippen molar-refractivity contribution >= 4 is 23.7 Å². The van der Waals surface area contributed by atoms with Crippen LogP contribution in [0, 0.1) is 0 Å². The summed E-state index contributed by atoms with van der Waals surface area (Å²) >= 11 is 0. The molecule has 1 aromatic rings. The highest BCUT2D eigenvalue weighted by Gasteiger charge is 2.37. The first kappa shape index (κ1) is 17.1. The number of fused-ring (bicyclic) bond motifs is 1. The Hall–Kier alpha value is -2.70. The van der Waals surface area contributed by atoms with E-state index >= 15 is 0 Å². The van der Waals surface area contributed by atoms with Crippen molar-refractivity contribution < 1.29 is 23.9 Å². The first-order valence-electron chi connectivity index (χ1n) is 8.42. The van der Waals surface area contributed by atoms with Gasteiger partial charge in [-0.15, -0.1) is 0 Å². The zero-order chi connectivity index (χ0) is 18.0. The van der Waals surface area contributed by atoms with E-state index < -0.39 is 30.4 Å². The molecule has 0 spiro atoms. The summed E-state index contributed by atoms with van der Waals surface area (Å²) in [7, 11) is 0. The zero-order valence-electron chi connectivity index (χ0n) is 14.0. The summed E-state index contributed by atoms with van der Waals surface area (Å²) in [6, 6.07) is 6.52. The number of nitrogens with one attached hydrogen (secondary N) is 1. The normalized spacial score (nSPS) is 18.2. The second-order valence-electron chi connectivity index (χ2n) is 6.36. The first-order chi connectivity index (χ1) is 12.0. The van der Waals surface area contributed by atoms with Crippen LogP contribution < -0.4 is 5.32 Å². The Morgan fingerprint density at radius 3 is 2.28 bits per heavy atom. The van der Waals surface area contributed by atoms with Gasteiger partial charge < -0.3 is 10.1 Å². The number of hydrogen-bond acceptors (Lipinski definition) is 5. The number of carbonyl (C=O) groups is 4. The van der Waals surface area contributed by atoms with Gasteiger partial charge in [-0.05, 0) is 31.9 Å². The zero-order valence-corrected chi connectivity index (χ0v) is 14.0. The van der Waals surface area contributed by atoms with E-state index in [9.17, 15) is 19.2 Å². The fraction of sp³-hybridized carbons (Fsp3) is 0.444. The van der Waals surface area contributed by atoms with Gasteiger partial charge >= 0.3 is 5.97 Å². The predicted octanol–water partition coefficient (Wildman–Crippen LogP) is 1.27. The van der Waals surface area contributed by atoms with Crippen LogP contribution in [-0.2, 0) is 14.3 Å². The van der Waals surface area contributed by atoms with Crippen LogP contribution in [0.5, 0.6) is 0 Å². The van der Waals surface area contributed by atoms with Crippen molar-refractivity contribution in [3.05, 3.63) is 35.4 Å². The van der Waals surface area contributed by atoms with Crippen LogP contribution in [-0.4, -0.2) is 47.3 Å². The first-order valence-corrected chi connectivity index (χ1v) is 8.42. The molecule has 1 aromatic carbocycles. The lowest BCUT2D eigenvalue weighted by Gasteiger charge is -2.18. The van der Waals surface area contributed by atoms with Gasteiger partial charge in [0, 0.05) is 6.04 Å². The van der Waals surface area contributed by atoms with Crippen molar-refractivity contribution in [2.24, 2.45) is 0 Å². The van der Waals surface area contributed by atoms with Gasteiger partial charge in [0.25, 0.3) is 17.7 Å². The molecule has 1 fully saturated rings. The highest BCUT2D eigenvalue weighted by molar-refractivity contribution is 6.22. The number of benzene rings is 1. The minimum absolute atomic E-state index is 0.130. The molecule has 1 heterocycles. The summed E-state index contributed by atoms with van der Waals surface area (Å²) in [6.45, 7) is 0.970. The number of nitrogens with zero attached hydrogens (tertiary/aromatic N) is 1. The average molecular weight is 344 g/mol. The molecule has 1 aliphatic heterocycles. The molecule has 0 saturated heterocycles. The summed E-state index contributed by atoms with van der Waals surface area (Å²) < 4.78 is 5.08. The van der Waals surface area contributed by atoms with Gasteiger partial charge in [0.2, 0.25) is 0 Å². The Morgan fingerprint density at radius 1 is 1.16 bits per heavy atom. The van der Waals surface area contributed by atoms with Crippen LogP contribution in [0.1, 0.15) is 53.3 Å². The van der Waals surface area contributed by atoms with Crippen molar-refractivity contribution in [3.8, 4) is 0 Å². The van der Waals surface area contributed by atoms with E-state index in [1.165, 1.54) is 6.92 Å². The van der Waals surface area contributed by atoms with Crippen LogP contribution >= 0.6 is 0 Å². The van der Waals surface area contributed by atoms with Crippen molar-refractivity contribution in [1.82, 2.24) is 10.2 Å². The van der Waals surface area contributed by atoms with Crippen molar-refractivity contribution in [2.45, 2.75) is 44.8 Å². The average Bonchev–Trinajstić information content (AvgIpc) is 3.18. The van der Waals surface area contributed by atoms with Gasteiger partial charge in [0.15, 0.2) is 6.10 Å². The van der Waals surface area contributed by atoms with E-state index in [4.69, 9.17) is 4.74 Å². The molecule has 7 nitrogen and oxygen atoms in total. The van der Waals surface area contributed by atoms with Crippen LogP contribution in [0.15, 0.2) is 24.3 Å². The van der Waals surface area contributed by atoms with Crippen LogP contribution in [0.2, 0.25) is 0 Å². The van der Waals surface area contributed by atoms with Gasteiger partial charge in [-0.2, -0.15) is 0 Å². The molecule has 3 rings (SSSR count). The number of carbonyl (C=O) groups excluding carboxylic acids is 4. The van der Waals surface area contributed by atoms with E-state index in [1.807, 2.05) is 0 Å². The molecule has 0 bridgehead atoms. The van der Waals surface area contributed by atoms with Gasteiger partial charge in [0.1, 0.15) is 6.54 Å². The van der Waals surface area contributed by atoms with Crippen LogP contribution in [0.3, 0.4) is 0 Å². The van der Waals surface area contributed by atoms with Gasteiger partial charge in [-0.3, -0.25) is 24.1 Å². The maximum Gasteiger partial charge on any atom is 0.326 e. The molecule has 0 unspecified atom stereocenters. The summed E-state index contributed by atoms with van der Waals surface area (Å²) in [5.74, 6) is -2.20. The molecule has 0 aromatic heterocycles. The van der Waals surface area contributed by atoms with E-state index in [1.54, 1.807) is 24.3 Å². The Labute approximate surface area is 145 Å². The monoisotopic (exact) mass is 344 g/mol. The minimum Gasteiger partial charge on any atom is -0.451 e. The molecular formula is C18H20N2O5. The maximum absolute atomic E-state index is 12.2. The smallest absolute Gasteiger partial charge is 0.326 e. The molecule has 25 heavy (non-hydrogen) atoms. The van der Waals surface area contributed by atoms with Crippen LogP contribution in [0.4, 0.5) is 0 Å². The predicted molar refractivity (Wildman–Crippen MR) is 87.8 cm³/mol. The second kappa shape index (κ2) is 7.04. The molecule has 1 saturated carbocycles. The number of ether oxygens (including phenoxy) is 1. The van der Waals surface area contributed by atoms with E-state index in [0.717, 1.165) is 30.6 Å². The van der Waals surface area contributed by atoms with Gasteiger partial charge in [0.05, 0.1) is 11.1 Å². The van der Waals surface area contributed by atoms with E-state index in [0.29, 0.717) is 0 Å². The Balaban J connectivity index is 1.55. The Bertz CT molecular complexity index is 689. The molecule has 132 valence electrons.